The first kappa shape index (κ1) is 17.5. The Balaban J connectivity index is 2.00. The van der Waals surface area contributed by atoms with Gasteiger partial charge >= 0.3 is 0 Å². The fraction of sp³-hybridized carbons (Fsp3) is 0.278. The first-order valence-electron chi connectivity index (χ1n) is 7.66. The number of amides is 2. The molecule has 0 spiro atoms. The van der Waals surface area contributed by atoms with E-state index < -0.39 is 0 Å². The number of carbonyl (C=O) groups excluding carboxylic acids is 2. The van der Waals surface area contributed by atoms with Crippen molar-refractivity contribution in [3.8, 4) is 5.75 Å². The highest BCUT2D eigenvalue weighted by atomic mass is 16.5. The summed E-state index contributed by atoms with van der Waals surface area (Å²) in [7, 11) is 1.60. The van der Waals surface area contributed by atoms with E-state index >= 15 is 0 Å². The lowest BCUT2D eigenvalue weighted by Crippen LogP contribution is -2.30. The Morgan fingerprint density at radius 1 is 1.08 bits per heavy atom. The normalized spacial score (nSPS) is 10.3. The van der Waals surface area contributed by atoms with Crippen LogP contribution in [0.2, 0.25) is 0 Å². The molecule has 0 saturated heterocycles. The van der Waals surface area contributed by atoms with Crippen LogP contribution in [0.15, 0.2) is 42.7 Å². The minimum Gasteiger partial charge on any atom is -0.497 e. The van der Waals surface area contributed by atoms with Crippen LogP contribution in [-0.2, 0) is 6.54 Å². The van der Waals surface area contributed by atoms with E-state index in [1.807, 2.05) is 38.1 Å². The van der Waals surface area contributed by atoms with Crippen LogP contribution in [0.1, 0.15) is 40.1 Å². The van der Waals surface area contributed by atoms with Crippen LogP contribution < -0.4 is 15.4 Å². The Hall–Kier alpha value is -2.89. The maximum Gasteiger partial charge on any atom is 0.253 e. The van der Waals surface area contributed by atoms with Crippen molar-refractivity contribution in [3.05, 3.63) is 59.4 Å². The summed E-state index contributed by atoms with van der Waals surface area (Å²) in [5.41, 5.74) is 1.66. The third-order valence-electron chi connectivity index (χ3n) is 3.29. The van der Waals surface area contributed by atoms with Crippen molar-refractivity contribution in [3.63, 3.8) is 0 Å². The molecule has 126 valence electrons. The van der Waals surface area contributed by atoms with Gasteiger partial charge in [0.05, 0.1) is 18.2 Å². The second-order valence-electron chi connectivity index (χ2n) is 5.62. The number of pyridine rings is 1. The van der Waals surface area contributed by atoms with E-state index in [-0.39, 0.29) is 17.9 Å². The third-order valence-corrected chi connectivity index (χ3v) is 3.29. The Kier molecular flexibility index (Phi) is 5.89. The van der Waals surface area contributed by atoms with Gasteiger partial charge in [-0.25, -0.2) is 0 Å². The maximum atomic E-state index is 12.2. The van der Waals surface area contributed by atoms with Crippen molar-refractivity contribution < 1.29 is 14.3 Å². The highest BCUT2D eigenvalue weighted by molar-refractivity contribution is 5.99. The molecule has 1 aromatic carbocycles. The Morgan fingerprint density at radius 3 is 2.29 bits per heavy atom. The van der Waals surface area contributed by atoms with Crippen LogP contribution >= 0.6 is 0 Å². The zero-order chi connectivity index (χ0) is 17.5. The summed E-state index contributed by atoms with van der Waals surface area (Å²) >= 11 is 0. The van der Waals surface area contributed by atoms with E-state index in [9.17, 15) is 9.59 Å². The minimum absolute atomic E-state index is 0.0186. The number of carbonyl (C=O) groups is 2. The van der Waals surface area contributed by atoms with Crippen LogP contribution in [0.3, 0.4) is 0 Å². The first-order valence-corrected chi connectivity index (χ1v) is 7.66. The molecule has 2 N–H and O–H groups in total. The zero-order valence-corrected chi connectivity index (χ0v) is 14.0. The number of methoxy groups -OCH3 is 1. The Bertz CT molecular complexity index is 712. The summed E-state index contributed by atoms with van der Waals surface area (Å²) in [6.07, 6.45) is 2.88. The van der Waals surface area contributed by atoms with Gasteiger partial charge in [0.25, 0.3) is 11.8 Å². The van der Waals surface area contributed by atoms with E-state index in [1.54, 1.807) is 7.11 Å². The molecule has 0 aliphatic rings. The average molecular weight is 327 g/mol. The second-order valence-corrected chi connectivity index (χ2v) is 5.62. The van der Waals surface area contributed by atoms with Gasteiger partial charge < -0.3 is 15.4 Å². The topological polar surface area (TPSA) is 80.3 Å². The van der Waals surface area contributed by atoms with Crippen LogP contribution in [0, 0.1) is 0 Å². The molecule has 0 aliphatic heterocycles. The third kappa shape index (κ3) is 4.81. The van der Waals surface area contributed by atoms with E-state index in [4.69, 9.17) is 4.74 Å². The molecule has 0 unspecified atom stereocenters. The summed E-state index contributed by atoms with van der Waals surface area (Å²) in [5.74, 6) is 0.234. The quantitative estimate of drug-likeness (QED) is 0.852. The SMILES string of the molecule is COc1ccc(CNC(=O)c2cncc(C(=O)NC(C)C)c2)cc1. The molecule has 0 bridgehead atoms. The fourth-order valence-electron chi connectivity index (χ4n) is 2.06. The second kappa shape index (κ2) is 8.10. The van der Waals surface area contributed by atoms with E-state index in [1.165, 1.54) is 18.5 Å². The van der Waals surface area contributed by atoms with E-state index in [0.29, 0.717) is 17.7 Å². The number of aromatic nitrogens is 1. The summed E-state index contributed by atoms with van der Waals surface area (Å²) in [5, 5.41) is 5.58. The maximum absolute atomic E-state index is 12.2. The fourth-order valence-corrected chi connectivity index (χ4v) is 2.06. The van der Waals surface area contributed by atoms with Crippen molar-refractivity contribution in [2.75, 3.05) is 7.11 Å². The van der Waals surface area contributed by atoms with Gasteiger partial charge in [0, 0.05) is 25.0 Å². The van der Waals surface area contributed by atoms with E-state index in [2.05, 4.69) is 15.6 Å². The lowest BCUT2D eigenvalue weighted by Gasteiger charge is -2.09. The lowest BCUT2D eigenvalue weighted by atomic mass is 10.1. The zero-order valence-electron chi connectivity index (χ0n) is 14.0. The largest absolute Gasteiger partial charge is 0.497 e. The molecule has 0 atom stereocenters. The van der Waals surface area contributed by atoms with Gasteiger partial charge in [-0.3, -0.25) is 14.6 Å². The molecule has 6 nitrogen and oxygen atoms in total. The van der Waals surface area contributed by atoms with Crippen molar-refractivity contribution in [2.24, 2.45) is 0 Å². The number of rotatable bonds is 6. The minimum atomic E-state index is -0.280. The molecule has 0 fully saturated rings. The highest BCUT2D eigenvalue weighted by Gasteiger charge is 2.12. The van der Waals surface area contributed by atoms with Gasteiger partial charge in [-0.05, 0) is 37.6 Å². The van der Waals surface area contributed by atoms with E-state index in [0.717, 1.165) is 11.3 Å². The first-order chi connectivity index (χ1) is 11.5. The number of hydrogen-bond donors (Lipinski definition) is 2. The van der Waals surface area contributed by atoms with Gasteiger partial charge in [-0.1, -0.05) is 12.1 Å². The number of ether oxygens (including phenoxy) is 1. The lowest BCUT2D eigenvalue weighted by molar-refractivity contribution is 0.0942. The molecule has 0 saturated carbocycles. The predicted molar refractivity (Wildman–Crippen MR) is 91.0 cm³/mol. The number of hydrogen-bond acceptors (Lipinski definition) is 4. The number of nitrogens with one attached hydrogen (secondary N) is 2. The average Bonchev–Trinajstić information content (AvgIpc) is 2.59. The number of benzene rings is 1. The van der Waals surface area contributed by atoms with Crippen LogP contribution in [0.5, 0.6) is 5.75 Å². The summed E-state index contributed by atoms with van der Waals surface area (Å²) < 4.78 is 5.09. The van der Waals surface area contributed by atoms with Crippen LogP contribution in [0.4, 0.5) is 0 Å². The monoisotopic (exact) mass is 327 g/mol. The van der Waals surface area contributed by atoms with Crippen molar-refractivity contribution in [1.82, 2.24) is 15.6 Å². The van der Waals surface area contributed by atoms with Gasteiger partial charge in [0.2, 0.25) is 0 Å². The van der Waals surface area contributed by atoms with Crippen molar-refractivity contribution >= 4 is 11.8 Å². The van der Waals surface area contributed by atoms with Gasteiger partial charge in [0.1, 0.15) is 5.75 Å². The highest BCUT2D eigenvalue weighted by Crippen LogP contribution is 2.11. The number of nitrogens with zero attached hydrogens (tertiary/aromatic N) is 1. The Labute approximate surface area is 141 Å². The summed E-state index contributed by atoms with van der Waals surface area (Å²) in [6.45, 7) is 4.12. The van der Waals surface area contributed by atoms with Gasteiger partial charge in [-0.15, -0.1) is 0 Å². The molecular formula is C18H21N3O3. The Morgan fingerprint density at radius 2 is 1.71 bits per heavy atom. The smallest absolute Gasteiger partial charge is 0.253 e. The molecular weight excluding hydrogens is 306 g/mol. The van der Waals surface area contributed by atoms with Gasteiger partial charge in [0.15, 0.2) is 0 Å². The molecule has 1 heterocycles. The molecule has 2 rings (SSSR count). The molecule has 2 aromatic rings. The molecule has 24 heavy (non-hydrogen) atoms. The predicted octanol–water partition coefficient (Wildman–Crippen LogP) is 2.16. The summed E-state index contributed by atoms with van der Waals surface area (Å²) in [6, 6.07) is 8.98. The molecule has 0 radical (unpaired) electrons. The summed E-state index contributed by atoms with van der Waals surface area (Å²) in [4.78, 5) is 28.2. The van der Waals surface area contributed by atoms with Gasteiger partial charge in [-0.2, -0.15) is 0 Å². The molecule has 2 amide bonds. The van der Waals surface area contributed by atoms with Crippen LogP contribution in [0.25, 0.3) is 0 Å². The molecule has 0 aliphatic carbocycles. The molecule has 6 heteroatoms. The molecule has 1 aromatic heterocycles. The van der Waals surface area contributed by atoms with Crippen molar-refractivity contribution in [1.29, 1.82) is 0 Å². The standard InChI is InChI=1S/C18H21N3O3/c1-12(2)21-18(23)15-8-14(10-19-11-15)17(22)20-9-13-4-6-16(24-3)7-5-13/h4-8,10-12H,9H2,1-3H3,(H,20,22)(H,21,23). The van der Waals surface area contributed by atoms with Crippen LogP contribution in [-0.4, -0.2) is 29.9 Å². The van der Waals surface area contributed by atoms with Crippen molar-refractivity contribution in [2.45, 2.75) is 26.4 Å².